The number of nitrogens with one attached hydrogen (secondary N) is 1. The van der Waals surface area contributed by atoms with Crippen LogP contribution in [0.5, 0.6) is 0 Å². The molecule has 0 bridgehead atoms. The second-order valence-electron chi connectivity index (χ2n) is 18.2. The molecule has 17 atom stereocenters. The van der Waals surface area contributed by atoms with E-state index in [1.807, 2.05) is 0 Å². The van der Waals surface area contributed by atoms with Crippen LogP contribution in [0.3, 0.4) is 0 Å². The number of carbonyl (C=O) groups excluding carboxylic acids is 1. The van der Waals surface area contributed by atoms with Crippen LogP contribution < -0.4 is 5.32 Å². The molecule has 17 unspecified atom stereocenters. The maximum absolute atomic E-state index is 12.4. The second-order valence-corrected chi connectivity index (χ2v) is 18.2. The van der Waals surface area contributed by atoms with E-state index in [-0.39, 0.29) is 18.9 Å². The van der Waals surface area contributed by atoms with Crippen molar-refractivity contribution in [2.24, 2.45) is 0 Å². The zero-order valence-corrected chi connectivity index (χ0v) is 40.3. The lowest BCUT2D eigenvalue weighted by Gasteiger charge is -2.48. The fourth-order valence-electron chi connectivity index (χ4n) is 8.42. The van der Waals surface area contributed by atoms with Gasteiger partial charge in [-0.3, -0.25) is 4.79 Å². The van der Waals surface area contributed by atoms with E-state index in [1.54, 1.807) is 13.0 Å². The van der Waals surface area contributed by atoms with Gasteiger partial charge in [-0.05, 0) is 38.5 Å². The van der Waals surface area contributed by atoms with Gasteiger partial charge in [-0.15, -0.1) is 0 Å². The lowest BCUT2D eigenvalue weighted by molar-refractivity contribution is -0.379. The molecule has 0 saturated carbocycles. The van der Waals surface area contributed by atoms with Gasteiger partial charge in [-0.1, -0.05) is 127 Å². The zero-order valence-electron chi connectivity index (χ0n) is 40.3. The van der Waals surface area contributed by atoms with Crippen LogP contribution in [0, 0.1) is 0 Å². The Balaban J connectivity index is 1.40. The Morgan fingerprint density at radius 2 is 0.926 bits per heavy atom. The van der Waals surface area contributed by atoms with Gasteiger partial charge in [-0.2, -0.15) is 0 Å². The number of aliphatic hydroxyl groups is 11. The maximum atomic E-state index is 12.4. The molecular formula is C49H87NO18. The first-order chi connectivity index (χ1) is 32.8. The quantitative estimate of drug-likeness (QED) is 0.0321. The van der Waals surface area contributed by atoms with E-state index in [4.69, 9.17) is 28.4 Å². The molecule has 0 aromatic rings. The van der Waals surface area contributed by atoms with Crippen LogP contribution in [0.4, 0.5) is 0 Å². The number of allylic oxidation sites excluding steroid dienone is 5. The van der Waals surface area contributed by atoms with Gasteiger partial charge >= 0.3 is 0 Å². The number of amides is 1. The molecule has 68 heavy (non-hydrogen) atoms. The normalized spacial score (nSPS) is 33.5. The summed E-state index contributed by atoms with van der Waals surface area (Å²) in [5, 5.41) is 118. The molecule has 0 spiro atoms. The van der Waals surface area contributed by atoms with Gasteiger partial charge in [0.25, 0.3) is 0 Å². The van der Waals surface area contributed by atoms with Crippen molar-refractivity contribution in [3.05, 3.63) is 36.5 Å². The number of aliphatic hydroxyl groups excluding tert-OH is 11. The molecule has 0 aliphatic carbocycles. The summed E-state index contributed by atoms with van der Waals surface area (Å²) in [6, 6.07) is -0.990. The highest BCUT2D eigenvalue weighted by molar-refractivity contribution is 5.75. The standard InChI is InChI=1S/C49H87NO18/c1-3-5-6-7-8-9-10-11-12-13-14-15-16-17-18-19-20-21-22-23-24-25-26-27-33(54)32(50-37(55)4-2)31-63-47-43(61)40(58)45(35(29-52)65-47)68-49-44(62)41(59)46(36(30-53)66-49)67-48-42(60)39(57)38(56)34(28-51)64-48/h18-19,22-23,26-27,32-36,38-49,51-54,56-62H,3-17,20-21,24-25,28-31H2,1-2H3,(H,50,55)/b19-18+,23-22+,27-26+. The molecule has 19 heteroatoms. The van der Waals surface area contributed by atoms with Crippen molar-refractivity contribution >= 4 is 5.91 Å². The van der Waals surface area contributed by atoms with Crippen molar-refractivity contribution < 1.29 is 89.4 Å². The first kappa shape index (κ1) is 60.3. The Morgan fingerprint density at radius 3 is 1.41 bits per heavy atom. The van der Waals surface area contributed by atoms with E-state index < -0.39 is 124 Å². The minimum atomic E-state index is -1.98. The van der Waals surface area contributed by atoms with Crippen LogP contribution in [0.1, 0.15) is 136 Å². The van der Waals surface area contributed by atoms with Gasteiger partial charge in [-0.25, -0.2) is 0 Å². The van der Waals surface area contributed by atoms with Gasteiger partial charge in [0.05, 0.1) is 38.6 Å². The lowest BCUT2D eigenvalue weighted by atomic mass is 9.96. The molecule has 12 N–H and O–H groups in total. The summed E-state index contributed by atoms with van der Waals surface area (Å²) in [6.07, 6.45) is 7.34. The van der Waals surface area contributed by atoms with Gasteiger partial charge in [0.15, 0.2) is 18.9 Å². The topological polar surface area (TPSA) is 307 Å². The Labute approximate surface area is 402 Å². The van der Waals surface area contributed by atoms with E-state index in [2.05, 4.69) is 36.5 Å². The molecule has 3 rings (SSSR count). The van der Waals surface area contributed by atoms with E-state index in [1.165, 1.54) is 89.5 Å². The summed E-state index contributed by atoms with van der Waals surface area (Å²) >= 11 is 0. The first-order valence-electron chi connectivity index (χ1n) is 25.2. The molecule has 3 heterocycles. The molecule has 0 radical (unpaired) electrons. The Bertz CT molecular complexity index is 1400. The molecule has 396 valence electrons. The summed E-state index contributed by atoms with van der Waals surface area (Å²) in [4.78, 5) is 12.4. The number of unbranched alkanes of at least 4 members (excludes halogenated alkanes) is 15. The third-order valence-electron chi connectivity index (χ3n) is 12.7. The zero-order chi connectivity index (χ0) is 49.8. The third kappa shape index (κ3) is 20.3. The molecular weight excluding hydrogens is 891 g/mol. The van der Waals surface area contributed by atoms with Crippen molar-refractivity contribution in [1.82, 2.24) is 5.32 Å². The Hall–Kier alpha value is -1.99. The Morgan fingerprint density at radius 1 is 0.515 bits per heavy atom. The molecule has 3 saturated heterocycles. The van der Waals surface area contributed by atoms with Crippen molar-refractivity contribution in [3.8, 4) is 0 Å². The highest BCUT2D eigenvalue weighted by Crippen LogP contribution is 2.33. The van der Waals surface area contributed by atoms with Crippen LogP contribution in [0.15, 0.2) is 36.5 Å². The highest BCUT2D eigenvalue weighted by atomic mass is 16.8. The highest BCUT2D eigenvalue weighted by Gasteiger charge is 2.53. The van der Waals surface area contributed by atoms with Gasteiger partial charge in [0.1, 0.15) is 73.2 Å². The summed E-state index contributed by atoms with van der Waals surface area (Å²) in [7, 11) is 0. The Kier molecular flexibility index (Phi) is 30.5. The van der Waals surface area contributed by atoms with Crippen molar-refractivity contribution in [2.75, 3.05) is 26.4 Å². The van der Waals surface area contributed by atoms with Crippen molar-refractivity contribution in [1.29, 1.82) is 0 Å². The van der Waals surface area contributed by atoms with Crippen molar-refractivity contribution in [2.45, 2.75) is 240 Å². The summed E-state index contributed by atoms with van der Waals surface area (Å²) in [6.45, 7) is 1.08. The minimum absolute atomic E-state index is 0.112. The minimum Gasteiger partial charge on any atom is -0.394 e. The predicted molar refractivity (Wildman–Crippen MR) is 249 cm³/mol. The average molecular weight is 978 g/mol. The van der Waals surface area contributed by atoms with Crippen LogP contribution in [-0.4, -0.2) is 193 Å². The monoisotopic (exact) mass is 978 g/mol. The molecule has 0 aromatic carbocycles. The van der Waals surface area contributed by atoms with Crippen LogP contribution in [0.25, 0.3) is 0 Å². The maximum Gasteiger partial charge on any atom is 0.220 e. The lowest BCUT2D eigenvalue weighted by Crippen LogP contribution is -2.66. The van der Waals surface area contributed by atoms with E-state index in [0.717, 1.165) is 25.7 Å². The smallest absolute Gasteiger partial charge is 0.220 e. The van der Waals surface area contributed by atoms with Crippen LogP contribution >= 0.6 is 0 Å². The first-order valence-corrected chi connectivity index (χ1v) is 25.2. The fraction of sp³-hybridized carbons (Fsp3) is 0.857. The summed E-state index contributed by atoms with van der Waals surface area (Å²) in [5.41, 5.74) is 0. The van der Waals surface area contributed by atoms with Gasteiger partial charge in [0, 0.05) is 6.42 Å². The van der Waals surface area contributed by atoms with Gasteiger partial charge in [0.2, 0.25) is 5.91 Å². The molecule has 0 aromatic heterocycles. The third-order valence-corrected chi connectivity index (χ3v) is 12.7. The SMILES string of the molecule is CCCCCCCCCCCCCCC/C=C/CC/C=C/CC/C=C/C(O)C(COC1OC(CO)C(OC2OC(CO)C(OC3OC(CO)C(O)C(O)C3O)C(O)C2O)C(O)C1O)NC(=O)CC. The fourth-order valence-corrected chi connectivity index (χ4v) is 8.42. The molecule has 3 aliphatic heterocycles. The van der Waals surface area contributed by atoms with E-state index >= 15 is 0 Å². The largest absolute Gasteiger partial charge is 0.394 e. The molecule has 19 nitrogen and oxygen atoms in total. The number of rotatable bonds is 34. The van der Waals surface area contributed by atoms with E-state index in [9.17, 15) is 61.0 Å². The number of ether oxygens (including phenoxy) is 6. The van der Waals surface area contributed by atoms with Crippen LogP contribution in [-0.2, 0) is 33.2 Å². The second kappa shape index (κ2) is 34.4. The van der Waals surface area contributed by atoms with Gasteiger partial charge < -0.3 is 89.9 Å². The molecule has 3 aliphatic rings. The summed E-state index contributed by atoms with van der Waals surface area (Å²) < 4.78 is 33.7. The van der Waals surface area contributed by atoms with E-state index in [0.29, 0.717) is 6.42 Å². The number of hydrogen-bond donors (Lipinski definition) is 12. The van der Waals surface area contributed by atoms with Crippen LogP contribution in [0.2, 0.25) is 0 Å². The molecule has 3 fully saturated rings. The average Bonchev–Trinajstić information content (AvgIpc) is 3.34. The molecule has 1 amide bonds. The van der Waals surface area contributed by atoms with Crippen molar-refractivity contribution in [3.63, 3.8) is 0 Å². The number of hydrogen-bond acceptors (Lipinski definition) is 18. The predicted octanol–water partition coefficient (Wildman–Crippen LogP) is 1.42. The summed E-state index contributed by atoms with van der Waals surface area (Å²) in [5.74, 6) is -0.380. The number of carbonyl (C=O) groups is 1.